The van der Waals surface area contributed by atoms with Crippen LogP contribution in [0.15, 0.2) is 47.4 Å². The van der Waals surface area contributed by atoms with Gasteiger partial charge in [-0.15, -0.1) is 0 Å². The molecule has 0 spiro atoms. The third-order valence-corrected chi connectivity index (χ3v) is 6.37. The van der Waals surface area contributed by atoms with Crippen molar-refractivity contribution in [2.45, 2.75) is 4.90 Å². The molecule has 154 valence electrons. The predicted molar refractivity (Wildman–Crippen MR) is 97.1 cm³/mol. The number of sulfonamides is 1. The SMILES string of the molecule is O=C(/C=C/c1ccc(F)cc1)N1CCN(S(=O)(=O)c2ccc(F)c(F)c2F)CC1. The summed E-state index contributed by atoms with van der Waals surface area (Å²) in [4.78, 5) is 12.7. The number of hydrogen-bond acceptors (Lipinski definition) is 3. The smallest absolute Gasteiger partial charge is 0.246 e. The monoisotopic (exact) mass is 428 g/mol. The van der Waals surface area contributed by atoms with Crippen LogP contribution in [0.5, 0.6) is 0 Å². The van der Waals surface area contributed by atoms with Gasteiger partial charge in [-0.3, -0.25) is 4.79 Å². The molecule has 1 aliphatic heterocycles. The first-order valence-corrected chi connectivity index (χ1v) is 10.0. The van der Waals surface area contributed by atoms with Crippen molar-refractivity contribution in [1.29, 1.82) is 0 Å². The fraction of sp³-hybridized carbons (Fsp3) is 0.211. The van der Waals surface area contributed by atoms with Gasteiger partial charge in [0.15, 0.2) is 17.5 Å². The molecule has 0 bridgehead atoms. The summed E-state index contributed by atoms with van der Waals surface area (Å²) in [5.74, 6) is -5.88. The Morgan fingerprint density at radius 3 is 2.10 bits per heavy atom. The van der Waals surface area contributed by atoms with Gasteiger partial charge in [0.2, 0.25) is 15.9 Å². The fourth-order valence-electron chi connectivity index (χ4n) is 2.84. The molecular formula is C19H16F4N2O3S. The second kappa shape index (κ2) is 8.34. The maximum absolute atomic E-state index is 13.9. The van der Waals surface area contributed by atoms with Crippen molar-refractivity contribution < 1.29 is 30.8 Å². The molecule has 2 aromatic rings. The first kappa shape index (κ1) is 21.0. The number of rotatable bonds is 4. The first-order chi connectivity index (χ1) is 13.7. The zero-order valence-corrected chi connectivity index (χ0v) is 15.8. The topological polar surface area (TPSA) is 57.7 Å². The predicted octanol–water partition coefficient (Wildman–Crippen LogP) is 2.79. The van der Waals surface area contributed by atoms with E-state index in [0.29, 0.717) is 17.7 Å². The van der Waals surface area contributed by atoms with E-state index in [1.807, 2.05) is 0 Å². The highest BCUT2D eigenvalue weighted by Crippen LogP contribution is 2.24. The number of piperazine rings is 1. The molecule has 5 nitrogen and oxygen atoms in total. The Morgan fingerprint density at radius 1 is 0.862 bits per heavy atom. The van der Waals surface area contributed by atoms with Crippen molar-refractivity contribution in [2.24, 2.45) is 0 Å². The average Bonchev–Trinajstić information content (AvgIpc) is 2.71. The largest absolute Gasteiger partial charge is 0.337 e. The molecule has 29 heavy (non-hydrogen) atoms. The Morgan fingerprint density at radius 2 is 1.48 bits per heavy atom. The van der Waals surface area contributed by atoms with Crippen LogP contribution in [0.4, 0.5) is 17.6 Å². The second-order valence-corrected chi connectivity index (χ2v) is 8.19. The normalized spacial score (nSPS) is 15.8. The summed E-state index contributed by atoms with van der Waals surface area (Å²) < 4.78 is 79.2. The van der Waals surface area contributed by atoms with Gasteiger partial charge in [-0.05, 0) is 35.9 Å². The molecule has 1 fully saturated rings. The number of hydrogen-bond donors (Lipinski definition) is 0. The summed E-state index contributed by atoms with van der Waals surface area (Å²) in [6.07, 6.45) is 2.79. The molecule has 0 aromatic heterocycles. The molecule has 1 saturated heterocycles. The van der Waals surface area contributed by atoms with Crippen LogP contribution >= 0.6 is 0 Å². The van der Waals surface area contributed by atoms with E-state index in [-0.39, 0.29) is 32.1 Å². The van der Waals surface area contributed by atoms with E-state index in [0.717, 1.165) is 4.31 Å². The van der Waals surface area contributed by atoms with Crippen LogP contribution in [0.2, 0.25) is 0 Å². The molecule has 1 heterocycles. The summed E-state index contributed by atoms with van der Waals surface area (Å²) in [5, 5.41) is 0. The van der Waals surface area contributed by atoms with Gasteiger partial charge in [0.1, 0.15) is 10.7 Å². The van der Waals surface area contributed by atoms with Crippen molar-refractivity contribution >= 4 is 22.0 Å². The lowest BCUT2D eigenvalue weighted by atomic mass is 10.2. The van der Waals surface area contributed by atoms with Crippen LogP contribution in [0.25, 0.3) is 6.08 Å². The third-order valence-electron chi connectivity index (χ3n) is 4.46. The van der Waals surface area contributed by atoms with Crippen molar-refractivity contribution in [2.75, 3.05) is 26.2 Å². The molecule has 1 aliphatic rings. The molecule has 0 atom stereocenters. The summed E-state index contributed by atoms with van der Waals surface area (Å²) >= 11 is 0. The van der Waals surface area contributed by atoms with Crippen LogP contribution in [-0.4, -0.2) is 49.7 Å². The minimum absolute atomic E-state index is 0.0388. The lowest BCUT2D eigenvalue weighted by molar-refractivity contribution is -0.127. The molecule has 0 radical (unpaired) electrons. The molecule has 0 saturated carbocycles. The summed E-state index contributed by atoms with van der Waals surface area (Å²) in [7, 11) is -4.38. The van der Waals surface area contributed by atoms with Gasteiger partial charge in [-0.25, -0.2) is 26.0 Å². The average molecular weight is 428 g/mol. The van der Waals surface area contributed by atoms with Crippen molar-refractivity contribution in [3.05, 3.63) is 71.3 Å². The zero-order valence-electron chi connectivity index (χ0n) is 15.0. The van der Waals surface area contributed by atoms with E-state index in [2.05, 4.69) is 0 Å². The van der Waals surface area contributed by atoms with Gasteiger partial charge in [0.05, 0.1) is 0 Å². The third kappa shape index (κ3) is 4.48. The number of halogens is 4. The number of amides is 1. The Hall–Kier alpha value is -2.72. The molecule has 10 heteroatoms. The van der Waals surface area contributed by atoms with E-state index in [1.165, 1.54) is 41.3 Å². The minimum Gasteiger partial charge on any atom is -0.337 e. The molecule has 0 unspecified atom stereocenters. The van der Waals surface area contributed by atoms with Crippen LogP contribution < -0.4 is 0 Å². The zero-order chi connectivity index (χ0) is 21.2. The quantitative estimate of drug-likeness (QED) is 0.428. The number of benzene rings is 2. The Bertz CT molecular complexity index is 1050. The van der Waals surface area contributed by atoms with E-state index in [9.17, 15) is 30.8 Å². The summed E-state index contributed by atoms with van der Waals surface area (Å²) in [6.45, 7) is -0.179. The standard InChI is InChI=1S/C19H16F4N2O3S/c20-14-4-1-13(2-5-14)3-8-17(26)24-9-11-25(12-10-24)29(27,28)16-7-6-15(21)18(22)19(16)23/h1-8H,9-12H2/b8-3+. The van der Waals surface area contributed by atoms with Gasteiger partial charge >= 0.3 is 0 Å². The lowest BCUT2D eigenvalue weighted by Gasteiger charge is -2.33. The fourth-order valence-corrected chi connectivity index (χ4v) is 4.32. The van der Waals surface area contributed by atoms with E-state index in [4.69, 9.17) is 0 Å². The number of carbonyl (C=O) groups excluding carboxylic acids is 1. The summed E-state index contributed by atoms with van der Waals surface area (Å²) in [5.41, 5.74) is 0.620. The maximum Gasteiger partial charge on any atom is 0.246 e. The Balaban J connectivity index is 1.66. The van der Waals surface area contributed by atoms with Crippen molar-refractivity contribution in [1.82, 2.24) is 9.21 Å². The first-order valence-electron chi connectivity index (χ1n) is 8.56. The highest BCUT2D eigenvalue weighted by atomic mass is 32.2. The van der Waals surface area contributed by atoms with Crippen LogP contribution in [-0.2, 0) is 14.8 Å². The van der Waals surface area contributed by atoms with Gasteiger partial charge in [-0.2, -0.15) is 4.31 Å². The molecular weight excluding hydrogens is 412 g/mol. The van der Waals surface area contributed by atoms with Gasteiger partial charge in [0.25, 0.3) is 0 Å². The molecule has 0 N–H and O–H groups in total. The van der Waals surface area contributed by atoms with Crippen LogP contribution in [0.3, 0.4) is 0 Å². The van der Waals surface area contributed by atoms with Crippen LogP contribution in [0.1, 0.15) is 5.56 Å². The minimum atomic E-state index is -4.38. The van der Waals surface area contributed by atoms with Gasteiger partial charge < -0.3 is 4.90 Å². The highest BCUT2D eigenvalue weighted by molar-refractivity contribution is 7.89. The highest BCUT2D eigenvalue weighted by Gasteiger charge is 2.33. The van der Waals surface area contributed by atoms with Crippen molar-refractivity contribution in [3.8, 4) is 0 Å². The number of nitrogens with zero attached hydrogens (tertiary/aromatic N) is 2. The van der Waals surface area contributed by atoms with Crippen molar-refractivity contribution in [3.63, 3.8) is 0 Å². The number of carbonyl (C=O) groups is 1. The van der Waals surface area contributed by atoms with Gasteiger partial charge in [-0.1, -0.05) is 12.1 Å². The van der Waals surface area contributed by atoms with E-state index in [1.54, 1.807) is 0 Å². The maximum atomic E-state index is 13.9. The van der Waals surface area contributed by atoms with E-state index >= 15 is 0 Å². The van der Waals surface area contributed by atoms with E-state index < -0.39 is 38.2 Å². The molecule has 2 aromatic carbocycles. The van der Waals surface area contributed by atoms with Gasteiger partial charge in [0, 0.05) is 32.3 Å². The molecule has 3 rings (SSSR count). The lowest BCUT2D eigenvalue weighted by Crippen LogP contribution is -2.50. The summed E-state index contributed by atoms with van der Waals surface area (Å²) in [6, 6.07) is 6.73. The Kier molecular flexibility index (Phi) is 6.04. The van der Waals surface area contributed by atoms with Crippen LogP contribution in [0, 0.1) is 23.3 Å². The molecule has 1 amide bonds. The molecule has 0 aliphatic carbocycles. The Labute approximate surface area is 164 Å². The second-order valence-electron chi connectivity index (χ2n) is 6.29.